The molecule has 0 spiro atoms. The van der Waals surface area contributed by atoms with Gasteiger partial charge in [-0.3, -0.25) is 14.6 Å². The van der Waals surface area contributed by atoms with E-state index < -0.39 is 5.41 Å². The van der Waals surface area contributed by atoms with Gasteiger partial charge in [-0.1, -0.05) is 0 Å². The molecule has 25 heavy (non-hydrogen) atoms. The molecule has 2 N–H and O–H groups in total. The Morgan fingerprint density at radius 1 is 1.20 bits per heavy atom. The minimum absolute atomic E-state index is 0.0116. The zero-order valence-electron chi connectivity index (χ0n) is 15.8. The molecule has 0 saturated carbocycles. The summed E-state index contributed by atoms with van der Waals surface area (Å²) < 4.78 is 5.49. The summed E-state index contributed by atoms with van der Waals surface area (Å²) in [6, 6.07) is 0. The maximum atomic E-state index is 12.4. The van der Waals surface area contributed by atoms with Crippen molar-refractivity contribution >= 4 is 17.8 Å². The van der Waals surface area contributed by atoms with Crippen molar-refractivity contribution in [2.45, 2.75) is 32.8 Å². The first-order valence-electron chi connectivity index (χ1n) is 8.97. The van der Waals surface area contributed by atoms with E-state index in [2.05, 4.69) is 20.5 Å². The van der Waals surface area contributed by atoms with Crippen LogP contribution in [-0.2, 0) is 14.3 Å². The number of hydrogen-bond donors (Lipinski definition) is 2. The summed E-state index contributed by atoms with van der Waals surface area (Å²) in [5.74, 6) is 0.865. The fourth-order valence-corrected chi connectivity index (χ4v) is 3.17. The Morgan fingerprint density at radius 2 is 1.84 bits per heavy atom. The molecule has 0 aromatic carbocycles. The van der Waals surface area contributed by atoms with Crippen LogP contribution in [0.15, 0.2) is 4.99 Å². The molecule has 2 rings (SSSR count). The highest BCUT2D eigenvalue weighted by atomic mass is 16.5. The van der Waals surface area contributed by atoms with Gasteiger partial charge in [-0.25, -0.2) is 0 Å². The highest BCUT2D eigenvalue weighted by Gasteiger charge is 2.32. The molecule has 1 unspecified atom stereocenters. The summed E-state index contributed by atoms with van der Waals surface area (Å²) in [6.45, 7) is 7.74. The van der Waals surface area contributed by atoms with Crippen molar-refractivity contribution in [3.63, 3.8) is 0 Å². The molecule has 1 atom stereocenters. The molecule has 2 amide bonds. The normalized spacial score (nSPS) is 22.1. The average Bonchev–Trinajstić information content (AvgIpc) is 3.16. The monoisotopic (exact) mass is 353 g/mol. The van der Waals surface area contributed by atoms with Crippen molar-refractivity contribution in [2.24, 2.45) is 10.4 Å². The Kier molecular flexibility index (Phi) is 6.64. The summed E-state index contributed by atoms with van der Waals surface area (Å²) in [5, 5.41) is 5.96. The van der Waals surface area contributed by atoms with Crippen LogP contribution in [0.3, 0.4) is 0 Å². The molecule has 0 aliphatic carbocycles. The molecular formula is C17H31N5O3. The molecule has 0 aromatic rings. The minimum Gasteiger partial charge on any atom is -0.368 e. The number of nitrogens with zero attached hydrogens (tertiary/aromatic N) is 3. The van der Waals surface area contributed by atoms with Crippen molar-refractivity contribution in [1.29, 1.82) is 0 Å². The van der Waals surface area contributed by atoms with Crippen LogP contribution in [0.4, 0.5) is 0 Å². The second-order valence-corrected chi connectivity index (χ2v) is 7.18. The van der Waals surface area contributed by atoms with Crippen molar-refractivity contribution in [3.8, 4) is 0 Å². The number of amides is 2. The van der Waals surface area contributed by atoms with Gasteiger partial charge < -0.3 is 25.2 Å². The Labute approximate surface area is 150 Å². The number of ether oxygens (including phenoxy) is 1. The van der Waals surface area contributed by atoms with E-state index in [9.17, 15) is 9.59 Å². The number of piperazine rings is 1. The standard InChI is InChI=1S/C17H31N5O3/c1-17(2,15(24)18-3)12-20-16(19-4)22-9-7-21(8-10-22)14(23)13-6-5-11-25-13/h13H,5-12H2,1-4H3,(H,18,24)(H,19,20). The van der Waals surface area contributed by atoms with Crippen LogP contribution in [0.5, 0.6) is 0 Å². The first kappa shape index (κ1) is 19.5. The van der Waals surface area contributed by atoms with E-state index in [1.165, 1.54) is 0 Å². The number of rotatable bonds is 4. The van der Waals surface area contributed by atoms with Crippen LogP contribution >= 0.6 is 0 Å². The smallest absolute Gasteiger partial charge is 0.251 e. The molecule has 2 fully saturated rings. The number of hydrogen-bond acceptors (Lipinski definition) is 4. The summed E-state index contributed by atoms with van der Waals surface area (Å²) >= 11 is 0. The van der Waals surface area contributed by atoms with Crippen molar-refractivity contribution in [1.82, 2.24) is 20.4 Å². The van der Waals surface area contributed by atoms with Crippen LogP contribution in [0.2, 0.25) is 0 Å². The van der Waals surface area contributed by atoms with E-state index >= 15 is 0 Å². The Hall–Kier alpha value is -1.83. The number of guanidine groups is 1. The van der Waals surface area contributed by atoms with Gasteiger partial charge in [0.2, 0.25) is 5.91 Å². The van der Waals surface area contributed by atoms with Crippen molar-refractivity contribution < 1.29 is 14.3 Å². The molecule has 142 valence electrons. The molecule has 2 heterocycles. The lowest BCUT2D eigenvalue weighted by Gasteiger charge is -2.38. The number of nitrogens with one attached hydrogen (secondary N) is 2. The van der Waals surface area contributed by atoms with Crippen molar-refractivity contribution in [3.05, 3.63) is 0 Å². The Bertz CT molecular complexity index is 506. The third-order valence-corrected chi connectivity index (χ3v) is 4.84. The number of carbonyl (C=O) groups excluding carboxylic acids is 2. The average molecular weight is 353 g/mol. The second kappa shape index (κ2) is 8.51. The molecule has 0 aromatic heterocycles. The molecule has 8 nitrogen and oxygen atoms in total. The Balaban J connectivity index is 1.83. The van der Waals surface area contributed by atoms with Crippen LogP contribution in [0, 0.1) is 5.41 Å². The lowest BCUT2D eigenvalue weighted by Crippen LogP contribution is -2.56. The van der Waals surface area contributed by atoms with Gasteiger partial charge in [-0.2, -0.15) is 0 Å². The van der Waals surface area contributed by atoms with Gasteiger partial charge in [0.1, 0.15) is 6.10 Å². The molecule has 8 heteroatoms. The second-order valence-electron chi connectivity index (χ2n) is 7.18. The number of carbonyl (C=O) groups is 2. The summed E-state index contributed by atoms with van der Waals surface area (Å²) in [7, 11) is 3.38. The topological polar surface area (TPSA) is 86.3 Å². The van der Waals surface area contributed by atoms with Gasteiger partial charge in [0.15, 0.2) is 5.96 Å². The predicted octanol–water partition coefficient (Wildman–Crippen LogP) is -0.343. The van der Waals surface area contributed by atoms with E-state index in [0.717, 1.165) is 31.9 Å². The first-order valence-corrected chi connectivity index (χ1v) is 8.97. The third kappa shape index (κ3) is 4.84. The molecule has 2 saturated heterocycles. The van der Waals surface area contributed by atoms with E-state index in [-0.39, 0.29) is 17.9 Å². The minimum atomic E-state index is -0.526. The van der Waals surface area contributed by atoms with Crippen LogP contribution in [0.1, 0.15) is 26.7 Å². The van der Waals surface area contributed by atoms with Gasteiger partial charge in [-0.15, -0.1) is 0 Å². The lowest BCUT2D eigenvalue weighted by molar-refractivity contribution is -0.142. The Morgan fingerprint density at radius 3 is 2.36 bits per heavy atom. The van der Waals surface area contributed by atoms with Crippen molar-refractivity contribution in [2.75, 3.05) is 53.4 Å². The zero-order valence-corrected chi connectivity index (χ0v) is 15.8. The maximum absolute atomic E-state index is 12.4. The van der Waals surface area contributed by atoms with Crippen LogP contribution in [0.25, 0.3) is 0 Å². The van der Waals surface area contributed by atoms with Crippen LogP contribution in [-0.4, -0.2) is 87.1 Å². The maximum Gasteiger partial charge on any atom is 0.251 e. The van der Waals surface area contributed by atoms with Gasteiger partial charge in [0.05, 0.1) is 5.41 Å². The SMILES string of the molecule is CN=C(NCC(C)(C)C(=O)NC)N1CCN(C(=O)C2CCCO2)CC1. The van der Waals surface area contributed by atoms with E-state index in [1.807, 2.05) is 18.7 Å². The molecule has 0 radical (unpaired) electrons. The largest absolute Gasteiger partial charge is 0.368 e. The van der Waals surface area contributed by atoms with Gasteiger partial charge in [0.25, 0.3) is 5.91 Å². The van der Waals surface area contributed by atoms with Gasteiger partial charge >= 0.3 is 0 Å². The zero-order chi connectivity index (χ0) is 18.4. The molecule has 2 aliphatic rings. The third-order valence-electron chi connectivity index (χ3n) is 4.84. The predicted molar refractivity (Wildman–Crippen MR) is 96.3 cm³/mol. The van der Waals surface area contributed by atoms with Gasteiger partial charge in [0, 0.05) is 53.4 Å². The number of aliphatic imine (C=N–C) groups is 1. The highest BCUT2D eigenvalue weighted by Crippen LogP contribution is 2.16. The molecule has 2 aliphatic heterocycles. The first-order chi connectivity index (χ1) is 11.9. The molecular weight excluding hydrogens is 322 g/mol. The summed E-state index contributed by atoms with van der Waals surface area (Å²) in [5.41, 5.74) is -0.526. The lowest BCUT2D eigenvalue weighted by atomic mass is 9.92. The van der Waals surface area contributed by atoms with Gasteiger partial charge in [-0.05, 0) is 26.7 Å². The van der Waals surface area contributed by atoms with E-state index in [0.29, 0.717) is 26.2 Å². The quantitative estimate of drug-likeness (QED) is 0.533. The summed E-state index contributed by atoms with van der Waals surface area (Å²) in [4.78, 5) is 32.6. The molecule has 0 bridgehead atoms. The van der Waals surface area contributed by atoms with Crippen LogP contribution < -0.4 is 10.6 Å². The highest BCUT2D eigenvalue weighted by molar-refractivity contribution is 5.85. The fraction of sp³-hybridized carbons (Fsp3) is 0.824. The van der Waals surface area contributed by atoms with E-state index in [4.69, 9.17) is 4.74 Å². The fourth-order valence-electron chi connectivity index (χ4n) is 3.17. The van der Waals surface area contributed by atoms with E-state index in [1.54, 1.807) is 14.1 Å². The summed E-state index contributed by atoms with van der Waals surface area (Å²) in [6.07, 6.45) is 1.54.